The number of carbonyl (C=O) groups is 1. The number of aliphatic hydroxyl groups excluding tert-OH is 1. The van der Waals surface area contributed by atoms with E-state index >= 15 is 0 Å². The summed E-state index contributed by atoms with van der Waals surface area (Å²) in [5.74, 6) is -0.370. The molecule has 1 aromatic carbocycles. The van der Waals surface area contributed by atoms with Crippen molar-refractivity contribution < 1.29 is 14.3 Å². The molecule has 0 aliphatic heterocycles. The van der Waals surface area contributed by atoms with Gasteiger partial charge in [-0.3, -0.25) is 0 Å². The first-order valence-corrected chi connectivity index (χ1v) is 6.08. The Morgan fingerprint density at radius 2 is 2.06 bits per heavy atom. The van der Waals surface area contributed by atoms with Crippen LogP contribution in [0.3, 0.4) is 0 Å². The van der Waals surface area contributed by atoms with E-state index in [9.17, 15) is 9.18 Å². The summed E-state index contributed by atoms with van der Waals surface area (Å²) in [6.07, 6.45) is 0.839. The smallest absolute Gasteiger partial charge is 0.314 e. The third kappa shape index (κ3) is 4.89. The Morgan fingerprint density at radius 1 is 1.33 bits per heavy atom. The maximum atomic E-state index is 13.4. The van der Waals surface area contributed by atoms with Gasteiger partial charge in [0.15, 0.2) is 0 Å². The van der Waals surface area contributed by atoms with Gasteiger partial charge in [0.05, 0.1) is 0 Å². The minimum absolute atomic E-state index is 0.0329. The lowest BCUT2D eigenvalue weighted by Gasteiger charge is -2.08. The number of hydrogen-bond acceptors (Lipinski definition) is 2. The fourth-order valence-corrected chi connectivity index (χ4v) is 1.67. The molecule has 18 heavy (non-hydrogen) atoms. The number of amides is 2. The van der Waals surface area contributed by atoms with Gasteiger partial charge in [-0.1, -0.05) is 17.7 Å². The number of benzene rings is 1. The average molecular weight is 275 g/mol. The zero-order valence-electron chi connectivity index (χ0n) is 9.88. The monoisotopic (exact) mass is 274 g/mol. The summed E-state index contributed by atoms with van der Waals surface area (Å²) < 4.78 is 13.4. The lowest BCUT2D eigenvalue weighted by molar-refractivity contribution is 0.238. The van der Waals surface area contributed by atoms with E-state index in [-0.39, 0.29) is 18.5 Å². The number of nitrogens with one attached hydrogen (secondary N) is 2. The Labute approximate surface area is 110 Å². The van der Waals surface area contributed by atoms with Gasteiger partial charge in [-0.25, -0.2) is 9.18 Å². The molecular formula is C12H16ClFN2O2. The zero-order chi connectivity index (χ0) is 13.4. The first-order valence-electron chi connectivity index (χ1n) is 5.70. The van der Waals surface area contributed by atoms with E-state index < -0.39 is 0 Å². The molecule has 100 valence electrons. The van der Waals surface area contributed by atoms with E-state index in [2.05, 4.69) is 10.6 Å². The van der Waals surface area contributed by atoms with Gasteiger partial charge in [0.2, 0.25) is 0 Å². The highest BCUT2D eigenvalue weighted by molar-refractivity contribution is 6.31. The van der Waals surface area contributed by atoms with Crippen LogP contribution in [-0.4, -0.2) is 30.8 Å². The lowest BCUT2D eigenvalue weighted by atomic mass is 10.1. The van der Waals surface area contributed by atoms with Crippen LogP contribution in [0.1, 0.15) is 12.0 Å². The Morgan fingerprint density at radius 3 is 2.72 bits per heavy atom. The number of urea groups is 1. The first-order chi connectivity index (χ1) is 8.65. The lowest BCUT2D eigenvalue weighted by Crippen LogP contribution is -2.37. The Balaban J connectivity index is 2.31. The van der Waals surface area contributed by atoms with E-state index in [4.69, 9.17) is 16.7 Å². The summed E-state index contributed by atoms with van der Waals surface area (Å²) in [6, 6.07) is 4.15. The van der Waals surface area contributed by atoms with Gasteiger partial charge in [-0.2, -0.15) is 0 Å². The molecule has 0 fully saturated rings. The van der Waals surface area contributed by atoms with Gasteiger partial charge in [0.1, 0.15) is 5.82 Å². The van der Waals surface area contributed by atoms with Crippen molar-refractivity contribution in [1.82, 2.24) is 10.6 Å². The SMILES string of the molecule is O=C(NCCCO)NCCc1c(F)cccc1Cl. The molecule has 3 N–H and O–H groups in total. The molecule has 0 heterocycles. The molecule has 0 aliphatic carbocycles. The highest BCUT2D eigenvalue weighted by Crippen LogP contribution is 2.18. The van der Waals surface area contributed by atoms with Crippen LogP contribution in [0, 0.1) is 5.82 Å². The maximum Gasteiger partial charge on any atom is 0.314 e. The normalized spacial score (nSPS) is 10.2. The summed E-state index contributed by atoms with van der Waals surface area (Å²) in [5.41, 5.74) is 0.398. The largest absolute Gasteiger partial charge is 0.396 e. The molecule has 0 atom stereocenters. The molecule has 0 saturated heterocycles. The third-order valence-corrected chi connectivity index (χ3v) is 2.70. The van der Waals surface area contributed by atoms with E-state index in [1.54, 1.807) is 6.07 Å². The minimum Gasteiger partial charge on any atom is -0.396 e. The van der Waals surface area contributed by atoms with E-state index in [0.29, 0.717) is 36.5 Å². The first kappa shape index (κ1) is 14.7. The van der Waals surface area contributed by atoms with Crippen molar-refractivity contribution in [3.05, 3.63) is 34.6 Å². The van der Waals surface area contributed by atoms with Gasteiger partial charge in [-0.15, -0.1) is 0 Å². The summed E-state index contributed by atoms with van der Waals surface area (Å²) in [4.78, 5) is 11.2. The van der Waals surface area contributed by atoms with Crippen LogP contribution in [0.15, 0.2) is 18.2 Å². The van der Waals surface area contributed by atoms with Crippen molar-refractivity contribution in [3.63, 3.8) is 0 Å². The minimum atomic E-state index is -0.370. The molecule has 0 unspecified atom stereocenters. The van der Waals surface area contributed by atoms with Crippen LogP contribution in [0.5, 0.6) is 0 Å². The Bertz CT molecular complexity index is 381. The molecule has 0 aliphatic rings. The fraction of sp³-hybridized carbons (Fsp3) is 0.417. The van der Waals surface area contributed by atoms with Crippen LogP contribution in [0.4, 0.5) is 9.18 Å². The highest BCUT2D eigenvalue weighted by Gasteiger charge is 2.07. The Hall–Kier alpha value is -1.33. The van der Waals surface area contributed by atoms with Crippen molar-refractivity contribution in [2.24, 2.45) is 0 Å². The average Bonchev–Trinajstić information content (AvgIpc) is 2.33. The predicted octanol–water partition coefficient (Wildman–Crippen LogP) is 1.70. The summed E-state index contributed by atoms with van der Waals surface area (Å²) >= 11 is 5.85. The second-order valence-electron chi connectivity index (χ2n) is 3.71. The van der Waals surface area contributed by atoms with Crippen LogP contribution in [0.25, 0.3) is 0 Å². The van der Waals surface area contributed by atoms with Gasteiger partial charge in [0.25, 0.3) is 0 Å². The van der Waals surface area contributed by atoms with E-state index in [1.165, 1.54) is 12.1 Å². The number of carbonyl (C=O) groups excluding carboxylic acids is 1. The van der Waals surface area contributed by atoms with Gasteiger partial charge in [0, 0.05) is 30.3 Å². The molecular weight excluding hydrogens is 259 g/mol. The third-order valence-electron chi connectivity index (χ3n) is 2.34. The second-order valence-corrected chi connectivity index (χ2v) is 4.12. The molecule has 1 rings (SSSR count). The maximum absolute atomic E-state index is 13.4. The molecule has 0 radical (unpaired) electrons. The van der Waals surface area contributed by atoms with E-state index in [0.717, 1.165) is 0 Å². The standard InChI is InChI=1S/C12H16ClFN2O2/c13-10-3-1-4-11(14)9(10)5-7-16-12(18)15-6-2-8-17/h1,3-4,17H,2,5-8H2,(H2,15,16,18). The quantitative estimate of drug-likeness (QED) is 0.692. The molecule has 0 aromatic heterocycles. The van der Waals surface area contributed by atoms with Gasteiger partial charge >= 0.3 is 6.03 Å². The molecule has 1 aromatic rings. The van der Waals surface area contributed by atoms with Crippen molar-refractivity contribution in [3.8, 4) is 0 Å². The number of halogens is 2. The van der Waals surface area contributed by atoms with Crippen LogP contribution in [0.2, 0.25) is 5.02 Å². The number of rotatable bonds is 6. The van der Waals surface area contributed by atoms with Crippen LogP contribution < -0.4 is 10.6 Å². The van der Waals surface area contributed by atoms with Crippen molar-refractivity contribution >= 4 is 17.6 Å². The highest BCUT2D eigenvalue weighted by atomic mass is 35.5. The van der Waals surface area contributed by atoms with Crippen molar-refractivity contribution in [1.29, 1.82) is 0 Å². The zero-order valence-corrected chi connectivity index (χ0v) is 10.6. The number of aliphatic hydroxyl groups is 1. The molecule has 2 amide bonds. The van der Waals surface area contributed by atoms with Crippen LogP contribution in [-0.2, 0) is 6.42 Å². The van der Waals surface area contributed by atoms with Crippen molar-refractivity contribution in [2.75, 3.05) is 19.7 Å². The van der Waals surface area contributed by atoms with Crippen LogP contribution >= 0.6 is 11.6 Å². The second kappa shape index (κ2) is 7.89. The predicted molar refractivity (Wildman–Crippen MR) is 68.2 cm³/mol. The molecule has 6 heteroatoms. The molecule has 0 saturated carbocycles. The van der Waals surface area contributed by atoms with E-state index in [1.807, 2.05) is 0 Å². The molecule has 0 spiro atoms. The number of hydrogen-bond donors (Lipinski definition) is 3. The summed E-state index contributed by atoms with van der Waals surface area (Å²) in [6.45, 7) is 0.736. The topological polar surface area (TPSA) is 61.4 Å². The van der Waals surface area contributed by atoms with Gasteiger partial charge < -0.3 is 15.7 Å². The van der Waals surface area contributed by atoms with Gasteiger partial charge in [-0.05, 0) is 25.0 Å². The molecule has 4 nitrogen and oxygen atoms in total. The molecule has 0 bridgehead atoms. The summed E-state index contributed by atoms with van der Waals surface area (Å²) in [5, 5.41) is 14.0. The Kier molecular flexibility index (Phi) is 6.46. The fourth-order valence-electron chi connectivity index (χ4n) is 1.42. The summed E-state index contributed by atoms with van der Waals surface area (Å²) in [7, 11) is 0. The van der Waals surface area contributed by atoms with Crippen molar-refractivity contribution in [2.45, 2.75) is 12.8 Å².